The van der Waals surface area contributed by atoms with Crippen molar-refractivity contribution in [1.29, 1.82) is 0 Å². The number of carboxylic acid groups (broad SMARTS) is 2. The minimum absolute atomic E-state index is 0.226. The van der Waals surface area contributed by atoms with E-state index in [1.54, 1.807) is 0 Å². The number of alkyl halides is 3. The zero-order valence-electron chi connectivity index (χ0n) is 10.7. The van der Waals surface area contributed by atoms with Crippen LogP contribution in [0.15, 0.2) is 11.6 Å². The molecule has 0 aromatic heterocycles. The maximum atomic E-state index is 12.4. The summed E-state index contributed by atoms with van der Waals surface area (Å²) in [7, 11) is 0. The molecule has 0 radical (unpaired) electrons. The van der Waals surface area contributed by atoms with E-state index in [0.717, 1.165) is 11.0 Å². The second-order valence-corrected chi connectivity index (χ2v) is 4.36. The van der Waals surface area contributed by atoms with Crippen LogP contribution < -0.4 is 5.32 Å². The van der Waals surface area contributed by atoms with E-state index in [-0.39, 0.29) is 13.1 Å². The Morgan fingerprint density at radius 1 is 1.33 bits per heavy atom. The Labute approximate surface area is 117 Å². The molecular formula is C11H13F3N2O5. The summed E-state index contributed by atoms with van der Waals surface area (Å²) in [5, 5.41) is 19.2. The number of hydrogen-bond donors (Lipinski definition) is 3. The van der Waals surface area contributed by atoms with E-state index in [4.69, 9.17) is 10.2 Å². The van der Waals surface area contributed by atoms with Crippen LogP contribution in [0.4, 0.5) is 18.0 Å². The van der Waals surface area contributed by atoms with Gasteiger partial charge in [-0.25, -0.2) is 9.59 Å². The van der Waals surface area contributed by atoms with Crippen LogP contribution in [0.5, 0.6) is 0 Å². The van der Waals surface area contributed by atoms with E-state index in [9.17, 15) is 27.6 Å². The monoisotopic (exact) mass is 310 g/mol. The number of carbonyl (C=O) groups excluding carboxylic acids is 1. The average Bonchev–Trinajstić information content (AvgIpc) is 2.36. The summed E-state index contributed by atoms with van der Waals surface area (Å²) >= 11 is 0. The number of halogens is 3. The van der Waals surface area contributed by atoms with Crippen LogP contribution in [0.2, 0.25) is 0 Å². The molecule has 1 rings (SSSR count). The highest BCUT2D eigenvalue weighted by Gasteiger charge is 2.36. The van der Waals surface area contributed by atoms with Crippen LogP contribution in [0.25, 0.3) is 0 Å². The molecule has 7 nitrogen and oxygen atoms in total. The first-order chi connectivity index (χ1) is 9.61. The van der Waals surface area contributed by atoms with Crippen LogP contribution >= 0.6 is 0 Å². The highest BCUT2D eigenvalue weighted by atomic mass is 19.4. The summed E-state index contributed by atoms with van der Waals surface area (Å²) in [5.41, 5.74) is -0.744. The van der Waals surface area contributed by atoms with Gasteiger partial charge in [0.2, 0.25) is 0 Å². The molecule has 0 fully saturated rings. The Kier molecular flexibility index (Phi) is 5.17. The number of carbonyl (C=O) groups is 3. The topological polar surface area (TPSA) is 107 Å². The molecule has 0 saturated heterocycles. The quantitative estimate of drug-likeness (QED) is 0.666. The van der Waals surface area contributed by atoms with Crippen LogP contribution in [0.3, 0.4) is 0 Å². The third kappa shape index (κ3) is 4.97. The van der Waals surface area contributed by atoms with Crippen molar-refractivity contribution in [1.82, 2.24) is 10.2 Å². The number of hydrogen-bond acceptors (Lipinski definition) is 3. The average molecular weight is 310 g/mol. The molecule has 0 aliphatic carbocycles. The summed E-state index contributed by atoms with van der Waals surface area (Å²) in [4.78, 5) is 33.9. The first-order valence-corrected chi connectivity index (χ1v) is 5.87. The van der Waals surface area contributed by atoms with Crippen LogP contribution in [0, 0.1) is 0 Å². The Balaban J connectivity index is 2.63. The molecule has 2 amide bonds. The normalized spacial score (nSPS) is 16.9. The number of aliphatic carboxylic acids is 2. The zero-order chi connectivity index (χ0) is 16.2. The third-order valence-corrected chi connectivity index (χ3v) is 2.84. The van der Waals surface area contributed by atoms with Crippen molar-refractivity contribution in [2.45, 2.75) is 25.1 Å². The van der Waals surface area contributed by atoms with Crippen molar-refractivity contribution in [3.05, 3.63) is 11.6 Å². The molecule has 0 saturated carbocycles. The van der Waals surface area contributed by atoms with Crippen molar-refractivity contribution in [2.75, 3.05) is 13.1 Å². The number of nitrogens with zero attached hydrogens (tertiary/aromatic N) is 1. The van der Waals surface area contributed by atoms with E-state index >= 15 is 0 Å². The van der Waals surface area contributed by atoms with Crippen molar-refractivity contribution < 1.29 is 37.8 Å². The Morgan fingerprint density at radius 2 is 1.95 bits per heavy atom. The van der Waals surface area contributed by atoms with Gasteiger partial charge in [-0.3, -0.25) is 4.79 Å². The summed E-state index contributed by atoms with van der Waals surface area (Å²) in [6.45, 7) is -0.545. The highest BCUT2D eigenvalue weighted by molar-refractivity contribution is 5.86. The lowest BCUT2D eigenvalue weighted by Gasteiger charge is -2.28. The van der Waals surface area contributed by atoms with E-state index in [1.165, 1.54) is 0 Å². The predicted octanol–water partition coefficient (Wildman–Crippen LogP) is 0.818. The van der Waals surface area contributed by atoms with Gasteiger partial charge in [0.25, 0.3) is 0 Å². The van der Waals surface area contributed by atoms with Crippen LogP contribution in [-0.2, 0) is 9.59 Å². The van der Waals surface area contributed by atoms with Gasteiger partial charge in [-0.05, 0) is 6.42 Å². The minimum Gasteiger partial charge on any atom is -0.481 e. The van der Waals surface area contributed by atoms with Crippen molar-refractivity contribution in [3.63, 3.8) is 0 Å². The van der Waals surface area contributed by atoms with Gasteiger partial charge in [-0.1, -0.05) is 6.08 Å². The SMILES string of the molecule is O=C(O)CC(NC(=O)N1CC=C(C(F)(F)F)CC1)C(=O)O. The molecule has 0 aromatic rings. The molecule has 21 heavy (non-hydrogen) atoms. The standard InChI is InChI=1S/C11H13F3N2O5/c12-11(13,14)6-1-3-16(4-2-6)10(21)15-7(9(19)20)5-8(17)18/h1,7H,2-5H2,(H,15,21)(H,17,18)(H,19,20). The summed E-state index contributed by atoms with van der Waals surface area (Å²) in [5.74, 6) is -2.95. The van der Waals surface area contributed by atoms with E-state index < -0.39 is 48.6 Å². The fourth-order valence-corrected chi connectivity index (χ4v) is 1.73. The zero-order valence-corrected chi connectivity index (χ0v) is 10.7. The largest absolute Gasteiger partial charge is 0.481 e. The minimum atomic E-state index is -4.45. The van der Waals surface area contributed by atoms with Gasteiger partial charge in [0, 0.05) is 18.7 Å². The first kappa shape index (κ1) is 16.8. The smallest absolute Gasteiger partial charge is 0.412 e. The molecule has 0 spiro atoms. The predicted molar refractivity (Wildman–Crippen MR) is 62.5 cm³/mol. The third-order valence-electron chi connectivity index (χ3n) is 2.84. The molecule has 0 bridgehead atoms. The molecule has 0 aromatic carbocycles. The van der Waals surface area contributed by atoms with E-state index in [2.05, 4.69) is 0 Å². The number of carboxylic acids is 2. The second-order valence-electron chi connectivity index (χ2n) is 4.36. The number of nitrogens with one attached hydrogen (secondary N) is 1. The van der Waals surface area contributed by atoms with Gasteiger partial charge in [-0.15, -0.1) is 0 Å². The first-order valence-electron chi connectivity index (χ1n) is 5.87. The lowest BCUT2D eigenvalue weighted by atomic mass is 10.1. The van der Waals surface area contributed by atoms with Crippen molar-refractivity contribution >= 4 is 18.0 Å². The van der Waals surface area contributed by atoms with Crippen LogP contribution in [0.1, 0.15) is 12.8 Å². The molecule has 118 valence electrons. The lowest BCUT2D eigenvalue weighted by Crippen LogP contribution is -2.50. The second kappa shape index (κ2) is 6.46. The van der Waals surface area contributed by atoms with E-state index in [1.807, 2.05) is 5.32 Å². The molecule has 1 aliphatic rings. The van der Waals surface area contributed by atoms with Gasteiger partial charge < -0.3 is 20.4 Å². The maximum Gasteiger partial charge on any atom is 0.412 e. The van der Waals surface area contributed by atoms with Gasteiger partial charge in [-0.2, -0.15) is 13.2 Å². The fraction of sp³-hybridized carbons (Fsp3) is 0.545. The van der Waals surface area contributed by atoms with Crippen LogP contribution in [-0.4, -0.2) is 58.4 Å². The van der Waals surface area contributed by atoms with Gasteiger partial charge >= 0.3 is 24.1 Å². The number of amides is 2. The lowest BCUT2D eigenvalue weighted by molar-refractivity contribution is -0.145. The van der Waals surface area contributed by atoms with Gasteiger partial charge in [0.1, 0.15) is 6.04 Å². The summed E-state index contributed by atoms with van der Waals surface area (Å²) in [6.07, 6.45) is -4.82. The Bertz CT molecular complexity index is 475. The number of urea groups is 1. The molecule has 1 atom stereocenters. The number of rotatable bonds is 4. The summed E-state index contributed by atoms with van der Waals surface area (Å²) < 4.78 is 37.2. The Morgan fingerprint density at radius 3 is 2.33 bits per heavy atom. The van der Waals surface area contributed by atoms with Crippen molar-refractivity contribution in [2.24, 2.45) is 0 Å². The molecule has 1 heterocycles. The molecule has 1 unspecified atom stereocenters. The summed E-state index contributed by atoms with van der Waals surface area (Å²) in [6, 6.07) is -2.55. The molecule has 10 heteroatoms. The molecule has 1 aliphatic heterocycles. The molecule has 3 N–H and O–H groups in total. The highest BCUT2D eigenvalue weighted by Crippen LogP contribution is 2.30. The fourth-order valence-electron chi connectivity index (χ4n) is 1.73. The van der Waals surface area contributed by atoms with Gasteiger partial charge in [0.05, 0.1) is 6.42 Å². The molecular weight excluding hydrogens is 297 g/mol. The van der Waals surface area contributed by atoms with E-state index in [0.29, 0.717) is 0 Å². The maximum absolute atomic E-state index is 12.4. The van der Waals surface area contributed by atoms with Crippen molar-refractivity contribution in [3.8, 4) is 0 Å². The Hall–Kier alpha value is -2.26. The van der Waals surface area contributed by atoms with Gasteiger partial charge in [0.15, 0.2) is 0 Å².